The van der Waals surface area contributed by atoms with Gasteiger partial charge in [0.25, 0.3) is 0 Å². The zero-order valence-electron chi connectivity index (χ0n) is 14.9. The summed E-state index contributed by atoms with van der Waals surface area (Å²) in [5, 5.41) is 2.07. The fourth-order valence-corrected chi connectivity index (χ4v) is 7.84. The minimum atomic E-state index is -3.80. The zero-order chi connectivity index (χ0) is 19.5. The molecule has 0 bridgehead atoms. The first-order valence-electron chi connectivity index (χ1n) is 8.61. The lowest BCUT2D eigenvalue weighted by molar-refractivity contribution is 0.340. The van der Waals surface area contributed by atoms with Gasteiger partial charge in [0.1, 0.15) is 5.75 Å². The molecule has 2 aromatic rings. The second-order valence-corrected chi connectivity index (χ2v) is 10.7. The second-order valence-electron chi connectivity index (χ2n) is 6.41. The van der Waals surface area contributed by atoms with Crippen LogP contribution in [0.3, 0.4) is 0 Å². The standard InChI is InChI=1S/C18H22N2O5S2/c1-2-25-15-3-5-16(6-4-15)27(23,24)18-13-26(21,22)12-17(18)20-11-14-7-9-19-10-8-14/h3-10,17-18,20H,2,11-13H2,1H3. The fourth-order valence-electron chi connectivity index (χ4n) is 3.13. The lowest BCUT2D eigenvalue weighted by atomic mass is 10.2. The van der Waals surface area contributed by atoms with Gasteiger partial charge in [0.05, 0.1) is 28.3 Å². The molecule has 0 aliphatic carbocycles. The Bertz CT molecular complexity index is 974. The third-order valence-electron chi connectivity index (χ3n) is 4.48. The van der Waals surface area contributed by atoms with Crippen molar-refractivity contribution in [1.29, 1.82) is 0 Å². The van der Waals surface area contributed by atoms with Crippen LogP contribution in [-0.4, -0.2) is 51.2 Å². The van der Waals surface area contributed by atoms with E-state index in [0.29, 0.717) is 18.9 Å². The van der Waals surface area contributed by atoms with E-state index in [1.165, 1.54) is 12.1 Å². The van der Waals surface area contributed by atoms with E-state index in [1.807, 2.05) is 6.92 Å². The molecule has 9 heteroatoms. The van der Waals surface area contributed by atoms with Gasteiger partial charge < -0.3 is 10.1 Å². The van der Waals surface area contributed by atoms with Gasteiger partial charge in [-0.2, -0.15) is 0 Å². The summed E-state index contributed by atoms with van der Waals surface area (Å²) in [5.74, 6) is -0.00175. The zero-order valence-corrected chi connectivity index (χ0v) is 16.5. The van der Waals surface area contributed by atoms with E-state index in [2.05, 4.69) is 10.3 Å². The molecule has 1 fully saturated rings. The molecule has 1 aliphatic heterocycles. The van der Waals surface area contributed by atoms with Crippen molar-refractivity contribution in [2.45, 2.75) is 29.7 Å². The predicted molar refractivity (Wildman–Crippen MR) is 102 cm³/mol. The molecule has 146 valence electrons. The number of hydrogen-bond acceptors (Lipinski definition) is 7. The van der Waals surface area contributed by atoms with E-state index in [0.717, 1.165) is 5.56 Å². The van der Waals surface area contributed by atoms with E-state index in [9.17, 15) is 16.8 Å². The first kappa shape index (κ1) is 19.8. The third kappa shape index (κ3) is 4.66. The molecule has 1 aliphatic rings. The molecule has 7 nitrogen and oxygen atoms in total. The average molecular weight is 411 g/mol. The van der Waals surface area contributed by atoms with Crippen molar-refractivity contribution in [3.05, 3.63) is 54.4 Å². The average Bonchev–Trinajstić information content (AvgIpc) is 2.97. The maximum atomic E-state index is 13.1. The normalized spacial score (nSPS) is 21.8. The molecule has 1 saturated heterocycles. The molecular weight excluding hydrogens is 388 g/mol. The molecule has 1 aromatic carbocycles. The number of pyridine rings is 1. The molecule has 1 N–H and O–H groups in total. The molecule has 0 amide bonds. The van der Waals surface area contributed by atoms with Gasteiger partial charge in [-0.3, -0.25) is 4.98 Å². The van der Waals surface area contributed by atoms with Gasteiger partial charge in [0, 0.05) is 25.0 Å². The second kappa shape index (κ2) is 7.95. The first-order valence-corrected chi connectivity index (χ1v) is 12.0. The lowest BCUT2D eigenvalue weighted by Crippen LogP contribution is -2.43. The van der Waals surface area contributed by atoms with Crippen molar-refractivity contribution >= 4 is 19.7 Å². The molecule has 2 atom stereocenters. The molecule has 27 heavy (non-hydrogen) atoms. The largest absolute Gasteiger partial charge is 0.494 e. The smallest absolute Gasteiger partial charge is 0.183 e. The van der Waals surface area contributed by atoms with Gasteiger partial charge in [-0.05, 0) is 48.9 Å². The maximum Gasteiger partial charge on any atom is 0.183 e. The first-order chi connectivity index (χ1) is 12.8. The van der Waals surface area contributed by atoms with Crippen LogP contribution in [-0.2, 0) is 26.2 Å². The summed E-state index contributed by atoms with van der Waals surface area (Å²) >= 11 is 0. The Balaban J connectivity index is 1.82. The lowest BCUT2D eigenvalue weighted by Gasteiger charge is -2.20. The molecular formula is C18H22N2O5S2. The van der Waals surface area contributed by atoms with Crippen molar-refractivity contribution in [3.63, 3.8) is 0 Å². The Morgan fingerprint density at radius 1 is 1.11 bits per heavy atom. The van der Waals surface area contributed by atoms with Crippen LogP contribution in [0, 0.1) is 0 Å². The van der Waals surface area contributed by atoms with Crippen LogP contribution in [0.4, 0.5) is 0 Å². The van der Waals surface area contributed by atoms with Crippen LogP contribution in [0.1, 0.15) is 12.5 Å². The van der Waals surface area contributed by atoms with E-state index < -0.39 is 31.0 Å². The highest BCUT2D eigenvalue weighted by atomic mass is 32.2. The van der Waals surface area contributed by atoms with Crippen LogP contribution in [0.2, 0.25) is 0 Å². The van der Waals surface area contributed by atoms with Crippen molar-refractivity contribution in [2.75, 3.05) is 18.1 Å². The minimum absolute atomic E-state index is 0.101. The van der Waals surface area contributed by atoms with Crippen molar-refractivity contribution in [1.82, 2.24) is 10.3 Å². The molecule has 3 rings (SSSR count). The summed E-state index contributed by atoms with van der Waals surface area (Å²) in [5.41, 5.74) is 0.909. The molecule has 0 saturated carbocycles. The third-order valence-corrected chi connectivity index (χ3v) is 8.65. The van der Waals surface area contributed by atoms with E-state index in [1.54, 1.807) is 36.7 Å². The Labute approximate surface area is 159 Å². The highest BCUT2D eigenvalue weighted by Crippen LogP contribution is 2.27. The molecule has 0 radical (unpaired) electrons. The Morgan fingerprint density at radius 2 is 1.78 bits per heavy atom. The number of aromatic nitrogens is 1. The highest BCUT2D eigenvalue weighted by Gasteiger charge is 2.45. The highest BCUT2D eigenvalue weighted by molar-refractivity contribution is 7.96. The van der Waals surface area contributed by atoms with Crippen LogP contribution < -0.4 is 10.1 Å². The van der Waals surface area contributed by atoms with E-state index in [4.69, 9.17) is 4.74 Å². The SMILES string of the molecule is CCOc1ccc(S(=O)(=O)C2CS(=O)(=O)CC2NCc2ccncc2)cc1. The molecule has 0 spiro atoms. The van der Waals surface area contributed by atoms with Gasteiger partial charge in [0.15, 0.2) is 19.7 Å². The van der Waals surface area contributed by atoms with Gasteiger partial charge in [0.2, 0.25) is 0 Å². The summed E-state index contributed by atoms with van der Waals surface area (Å²) in [6.07, 6.45) is 3.27. The number of ether oxygens (including phenoxy) is 1. The minimum Gasteiger partial charge on any atom is -0.494 e. The van der Waals surface area contributed by atoms with Crippen LogP contribution in [0.25, 0.3) is 0 Å². The maximum absolute atomic E-state index is 13.1. The van der Waals surface area contributed by atoms with Gasteiger partial charge in [-0.25, -0.2) is 16.8 Å². The van der Waals surface area contributed by atoms with Gasteiger partial charge in [-0.1, -0.05) is 0 Å². The number of rotatable bonds is 7. The summed E-state index contributed by atoms with van der Waals surface area (Å²) in [4.78, 5) is 4.03. The summed E-state index contributed by atoms with van der Waals surface area (Å²) in [6, 6.07) is 9.02. The van der Waals surface area contributed by atoms with Gasteiger partial charge in [-0.15, -0.1) is 0 Å². The molecule has 1 aromatic heterocycles. The van der Waals surface area contributed by atoms with E-state index >= 15 is 0 Å². The fraction of sp³-hybridized carbons (Fsp3) is 0.389. The number of nitrogens with one attached hydrogen (secondary N) is 1. The Kier molecular flexibility index (Phi) is 5.83. The van der Waals surface area contributed by atoms with Crippen molar-refractivity contribution in [2.24, 2.45) is 0 Å². The van der Waals surface area contributed by atoms with E-state index in [-0.39, 0.29) is 16.4 Å². The number of nitrogens with zero attached hydrogens (tertiary/aromatic N) is 1. The predicted octanol–water partition coefficient (Wildman–Crippen LogP) is 1.21. The summed E-state index contributed by atoms with van der Waals surface area (Å²) < 4.78 is 55.7. The van der Waals surface area contributed by atoms with Crippen LogP contribution in [0.15, 0.2) is 53.7 Å². The Hall–Kier alpha value is -1.97. The van der Waals surface area contributed by atoms with Crippen LogP contribution >= 0.6 is 0 Å². The monoisotopic (exact) mass is 410 g/mol. The molecule has 2 unspecified atom stereocenters. The van der Waals surface area contributed by atoms with Crippen molar-refractivity contribution < 1.29 is 21.6 Å². The van der Waals surface area contributed by atoms with Crippen molar-refractivity contribution in [3.8, 4) is 5.75 Å². The summed E-state index contributed by atoms with van der Waals surface area (Å²) in [6.45, 7) is 2.69. The summed E-state index contributed by atoms with van der Waals surface area (Å²) in [7, 11) is -7.24. The topological polar surface area (TPSA) is 102 Å². The number of sulfone groups is 2. The Morgan fingerprint density at radius 3 is 2.41 bits per heavy atom. The quantitative estimate of drug-likeness (QED) is 0.732. The number of benzene rings is 1. The number of hydrogen-bond donors (Lipinski definition) is 1. The van der Waals surface area contributed by atoms with Crippen LogP contribution in [0.5, 0.6) is 5.75 Å². The van der Waals surface area contributed by atoms with Gasteiger partial charge >= 0.3 is 0 Å². The molecule has 2 heterocycles.